The van der Waals surface area contributed by atoms with Gasteiger partial charge >= 0.3 is 15.9 Å². The summed E-state index contributed by atoms with van der Waals surface area (Å²) in [5, 5.41) is 0. The lowest BCUT2D eigenvalue weighted by Gasteiger charge is -2.01. The Morgan fingerprint density at radius 1 is 1.56 bits per heavy atom. The molecule has 0 bridgehead atoms. The molecule has 1 aromatic rings. The van der Waals surface area contributed by atoms with Gasteiger partial charge in [0.15, 0.2) is 0 Å². The van der Waals surface area contributed by atoms with Crippen LogP contribution in [-0.2, 0) is 13.7 Å². The average Bonchev–Trinajstić information content (AvgIpc) is 2.16. The third kappa shape index (κ3) is 4.18. The van der Waals surface area contributed by atoms with Crippen molar-refractivity contribution in [2.75, 3.05) is 0 Å². The molecule has 0 aliphatic heterocycles. The molecule has 1 unspecified atom stereocenters. The largest absolute Gasteiger partial charge is 0.747 e. The number of hydrogen-bond acceptors (Lipinski definition) is 4. The molecule has 0 spiro atoms. The molecule has 1 atom stereocenters. The first-order valence-corrected chi connectivity index (χ1v) is 6.66. The van der Waals surface area contributed by atoms with Gasteiger partial charge in [-0.05, 0) is 11.6 Å². The summed E-state index contributed by atoms with van der Waals surface area (Å²) >= 11 is 0. The van der Waals surface area contributed by atoms with Gasteiger partial charge in [-0.25, -0.2) is 4.52 Å². The Morgan fingerprint density at radius 3 is 2.69 bits per heavy atom. The van der Waals surface area contributed by atoms with Crippen LogP contribution in [0.5, 0.6) is 0 Å². The minimum absolute atomic E-state index is 0.345. The summed E-state index contributed by atoms with van der Waals surface area (Å²) < 4.78 is 25.4. The van der Waals surface area contributed by atoms with Crippen molar-refractivity contribution in [1.82, 2.24) is 4.98 Å². The van der Waals surface area contributed by atoms with Gasteiger partial charge in [-0.15, -0.1) is 4.89 Å². The van der Waals surface area contributed by atoms with Gasteiger partial charge in [-0.1, -0.05) is 6.07 Å². The quantitative estimate of drug-likeness (QED) is 0.552. The molecule has 1 heterocycles. The molecule has 0 saturated carbocycles. The molecule has 0 amide bonds. The highest BCUT2D eigenvalue weighted by atomic mass is 31.2. The molecule has 9 heteroatoms. The molecule has 0 aliphatic carbocycles. The van der Waals surface area contributed by atoms with Crippen molar-refractivity contribution in [3.63, 3.8) is 0 Å². The Kier molecular flexibility index (Phi) is 4.29. The van der Waals surface area contributed by atoms with Crippen LogP contribution in [0.1, 0.15) is 5.56 Å². The molecular weight excluding hydrogens is 256 g/mol. The molecule has 86 valence electrons. The van der Waals surface area contributed by atoms with E-state index in [0.717, 1.165) is 6.08 Å². The zero-order valence-corrected chi connectivity index (χ0v) is 9.58. The van der Waals surface area contributed by atoms with Gasteiger partial charge in [0.25, 0.3) is 5.50 Å². The van der Waals surface area contributed by atoms with E-state index in [1.54, 1.807) is 6.07 Å². The van der Waals surface area contributed by atoms with Crippen LogP contribution in [0.25, 0.3) is 6.08 Å². The molecule has 1 rings (SSSR count). The Labute approximate surface area is 91.5 Å². The molecule has 0 radical (unpaired) electrons. The van der Waals surface area contributed by atoms with Crippen LogP contribution in [-0.4, -0.2) is 19.7 Å². The van der Waals surface area contributed by atoms with E-state index in [0.29, 0.717) is 5.56 Å². The lowest BCUT2D eigenvalue weighted by molar-refractivity contribution is 0.324. The molecule has 7 nitrogen and oxygen atoms in total. The monoisotopic (exact) mass is 264 g/mol. The molecule has 0 fully saturated rings. The van der Waals surface area contributed by atoms with Crippen molar-refractivity contribution in [1.29, 1.82) is 0 Å². The molecule has 3 N–H and O–H groups in total. The third-order valence-corrected chi connectivity index (χ3v) is 2.72. The van der Waals surface area contributed by atoms with Gasteiger partial charge in [0.05, 0.1) is 0 Å². The van der Waals surface area contributed by atoms with E-state index < -0.39 is 21.4 Å². The van der Waals surface area contributed by atoms with E-state index in [-0.39, 0.29) is 0 Å². The van der Waals surface area contributed by atoms with Gasteiger partial charge in [0.2, 0.25) is 0 Å². The van der Waals surface area contributed by atoms with Crippen LogP contribution in [0.4, 0.5) is 0 Å². The number of rotatable bonds is 4. The maximum Gasteiger partial charge on any atom is 0.747 e. The zero-order chi connectivity index (χ0) is 12.2. The summed E-state index contributed by atoms with van der Waals surface area (Å²) in [6, 6.07) is 3.05. The predicted octanol–water partition coefficient (Wildman–Crippen LogP) is 1.22. The summed E-state index contributed by atoms with van der Waals surface area (Å²) in [6.07, 6.45) is 3.75. The second kappa shape index (κ2) is 5.30. The first-order chi connectivity index (χ1) is 7.39. The topological polar surface area (TPSA) is 117 Å². The molecular formula is C7H8NO6P2+. The minimum Gasteiger partial charge on any atom is -0.319 e. The standard InChI is InChI=1S/C7H7NO6P2/c9-15(10)14-7(16(11,12)13)4-6-2-1-3-8-5-6/h1-5H,(H2-,9,10,11,12,13)/p+1. The Morgan fingerprint density at radius 2 is 2.25 bits per heavy atom. The summed E-state index contributed by atoms with van der Waals surface area (Å²) in [4.78, 5) is 29.9. The first kappa shape index (κ1) is 13.0. The average molecular weight is 264 g/mol. The van der Waals surface area contributed by atoms with Gasteiger partial charge in [-0.2, -0.15) is 0 Å². The zero-order valence-electron chi connectivity index (χ0n) is 7.79. The first-order valence-electron chi connectivity index (χ1n) is 3.91. The number of aromatic nitrogens is 1. The van der Waals surface area contributed by atoms with E-state index >= 15 is 0 Å². The van der Waals surface area contributed by atoms with Crippen molar-refractivity contribution in [2.24, 2.45) is 0 Å². The fraction of sp³-hybridized carbons (Fsp3) is 0. The van der Waals surface area contributed by atoms with E-state index in [1.165, 1.54) is 18.5 Å². The normalized spacial score (nSPS) is 13.4. The van der Waals surface area contributed by atoms with E-state index in [9.17, 15) is 9.13 Å². The Hall–Kier alpha value is -1.10. The highest BCUT2D eigenvalue weighted by molar-refractivity contribution is 7.57. The summed E-state index contributed by atoms with van der Waals surface area (Å²) in [6.45, 7) is 0. The van der Waals surface area contributed by atoms with Gasteiger partial charge in [-0.3, -0.25) is 9.55 Å². The predicted molar refractivity (Wildman–Crippen MR) is 55.2 cm³/mol. The van der Waals surface area contributed by atoms with Crippen LogP contribution < -0.4 is 0 Å². The number of pyridine rings is 1. The van der Waals surface area contributed by atoms with Gasteiger partial charge in [0, 0.05) is 23.0 Å². The smallest absolute Gasteiger partial charge is 0.319 e. The maximum atomic E-state index is 10.9. The van der Waals surface area contributed by atoms with Crippen molar-refractivity contribution in [3.05, 3.63) is 35.6 Å². The van der Waals surface area contributed by atoms with E-state index in [2.05, 4.69) is 9.51 Å². The molecule has 0 saturated heterocycles. The highest BCUT2D eigenvalue weighted by Crippen LogP contribution is 2.49. The molecule has 0 aliphatic rings. The number of hydrogen-bond donors (Lipinski definition) is 3. The Balaban J connectivity index is 3.07. The van der Waals surface area contributed by atoms with Crippen LogP contribution in [0.3, 0.4) is 0 Å². The highest BCUT2D eigenvalue weighted by Gasteiger charge is 2.31. The summed E-state index contributed by atoms with van der Waals surface area (Å²) in [5.41, 5.74) is -0.526. The lowest BCUT2D eigenvalue weighted by Crippen LogP contribution is -1.88. The number of nitrogens with zero attached hydrogens (tertiary/aromatic N) is 1. The summed E-state index contributed by atoms with van der Waals surface area (Å²) in [5.74, 6) is 0. The fourth-order valence-electron chi connectivity index (χ4n) is 0.848. The second-order valence-corrected chi connectivity index (χ2v) is 4.83. The second-order valence-electron chi connectivity index (χ2n) is 2.64. The van der Waals surface area contributed by atoms with Crippen molar-refractivity contribution in [3.8, 4) is 0 Å². The minimum atomic E-state index is -4.73. The SMILES string of the molecule is O=[P+](O)OC(=Cc1cccnc1)P(=O)(O)O. The Bertz CT molecular complexity index is 453. The van der Waals surface area contributed by atoms with Gasteiger partial charge < -0.3 is 9.79 Å². The lowest BCUT2D eigenvalue weighted by atomic mass is 10.3. The van der Waals surface area contributed by atoms with Crippen LogP contribution in [0.2, 0.25) is 0 Å². The van der Waals surface area contributed by atoms with Gasteiger partial charge in [0.1, 0.15) is 0 Å². The summed E-state index contributed by atoms with van der Waals surface area (Å²) in [7, 11) is -7.86. The van der Waals surface area contributed by atoms with Crippen LogP contribution in [0.15, 0.2) is 30.0 Å². The molecule has 0 aromatic carbocycles. The third-order valence-electron chi connectivity index (χ3n) is 1.43. The van der Waals surface area contributed by atoms with Crippen LogP contribution >= 0.6 is 15.9 Å². The van der Waals surface area contributed by atoms with Crippen molar-refractivity contribution in [2.45, 2.75) is 0 Å². The van der Waals surface area contributed by atoms with E-state index in [1.807, 2.05) is 0 Å². The van der Waals surface area contributed by atoms with E-state index in [4.69, 9.17) is 14.7 Å². The van der Waals surface area contributed by atoms with Crippen molar-refractivity contribution < 1.29 is 28.3 Å². The van der Waals surface area contributed by atoms with Crippen LogP contribution in [0, 0.1) is 0 Å². The fourth-order valence-corrected chi connectivity index (χ4v) is 2.01. The maximum absolute atomic E-state index is 10.9. The van der Waals surface area contributed by atoms with Crippen molar-refractivity contribution >= 4 is 21.9 Å². The molecule has 1 aromatic heterocycles. The molecule has 16 heavy (non-hydrogen) atoms.